The third kappa shape index (κ3) is 1.88. The van der Waals surface area contributed by atoms with E-state index in [1.54, 1.807) is 29.4 Å². The van der Waals surface area contributed by atoms with Crippen LogP contribution in [-0.4, -0.2) is 9.55 Å². The number of aromatic nitrogens is 2. The Hall–Kier alpha value is -1.91. The number of imidazole rings is 1. The van der Waals surface area contributed by atoms with Gasteiger partial charge in [-0.1, -0.05) is 6.07 Å². The number of alkyl halides is 2. The van der Waals surface area contributed by atoms with Crippen molar-refractivity contribution in [3.05, 3.63) is 42.5 Å². The molecule has 1 aromatic carbocycles. The predicted molar refractivity (Wildman–Crippen MR) is 57.5 cm³/mol. The van der Waals surface area contributed by atoms with Crippen LogP contribution in [0.3, 0.4) is 0 Å². The van der Waals surface area contributed by atoms with Gasteiger partial charge in [0.15, 0.2) is 0 Å². The van der Waals surface area contributed by atoms with E-state index in [2.05, 4.69) is 4.98 Å². The van der Waals surface area contributed by atoms with E-state index in [0.717, 1.165) is 6.92 Å². The van der Waals surface area contributed by atoms with Crippen molar-refractivity contribution >= 4 is 5.69 Å². The second kappa shape index (κ2) is 3.59. The quantitative estimate of drug-likeness (QED) is 0.795. The number of hydrogen-bond acceptors (Lipinski definition) is 2. The van der Waals surface area contributed by atoms with Crippen molar-refractivity contribution in [3.8, 4) is 5.69 Å². The van der Waals surface area contributed by atoms with Gasteiger partial charge in [0.05, 0.1) is 17.7 Å². The zero-order valence-electron chi connectivity index (χ0n) is 8.69. The molecule has 1 aromatic heterocycles. The summed E-state index contributed by atoms with van der Waals surface area (Å²) in [7, 11) is 0. The standard InChI is InChI=1S/C11H11F2N3/c1-11(12,13)8-2-3-10(9(14)6-8)16-5-4-15-7-16/h2-7H,14H2,1H3. The molecule has 1 heterocycles. The molecule has 0 saturated heterocycles. The molecule has 0 bridgehead atoms. The number of halogens is 2. The largest absolute Gasteiger partial charge is 0.397 e. The van der Waals surface area contributed by atoms with Crippen LogP contribution in [0.15, 0.2) is 36.9 Å². The van der Waals surface area contributed by atoms with Crippen LogP contribution in [0.5, 0.6) is 0 Å². The molecule has 2 rings (SSSR count). The Balaban J connectivity index is 2.46. The van der Waals surface area contributed by atoms with Crippen molar-refractivity contribution in [2.45, 2.75) is 12.8 Å². The van der Waals surface area contributed by atoms with Crippen molar-refractivity contribution < 1.29 is 8.78 Å². The summed E-state index contributed by atoms with van der Waals surface area (Å²) in [5.41, 5.74) is 6.59. The maximum atomic E-state index is 13.0. The van der Waals surface area contributed by atoms with Crippen LogP contribution in [0.4, 0.5) is 14.5 Å². The lowest BCUT2D eigenvalue weighted by atomic mass is 10.1. The van der Waals surface area contributed by atoms with Crippen molar-refractivity contribution in [2.24, 2.45) is 0 Å². The highest BCUT2D eigenvalue weighted by Crippen LogP contribution is 2.30. The van der Waals surface area contributed by atoms with E-state index < -0.39 is 5.92 Å². The number of nitrogen functional groups attached to an aromatic ring is 1. The number of benzene rings is 1. The fraction of sp³-hybridized carbons (Fsp3) is 0.182. The van der Waals surface area contributed by atoms with Crippen molar-refractivity contribution in [2.75, 3.05) is 5.73 Å². The average molecular weight is 223 g/mol. The summed E-state index contributed by atoms with van der Waals surface area (Å²) in [6.45, 7) is 0.846. The molecule has 0 aliphatic rings. The molecule has 3 nitrogen and oxygen atoms in total. The fourth-order valence-electron chi connectivity index (χ4n) is 1.46. The topological polar surface area (TPSA) is 43.8 Å². The molecule has 2 N–H and O–H groups in total. The first-order valence-electron chi connectivity index (χ1n) is 4.74. The SMILES string of the molecule is CC(F)(F)c1ccc(-n2ccnc2)c(N)c1. The third-order valence-electron chi connectivity index (χ3n) is 2.32. The van der Waals surface area contributed by atoms with Gasteiger partial charge in [0, 0.05) is 24.9 Å². The number of rotatable bonds is 2. The van der Waals surface area contributed by atoms with Gasteiger partial charge in [0.25, 0.3) is 5.92 Å². The van der Waals surface area contributed by atoms with Crippen molar-refractivity contribution in [1.82, 2.24) is 9.55 Å². The molecule has 0 saturated carbocycles. The van der Waals surface area contributed by atoms with E-state index in [4.69, 9.17) is 5.73 Å². The summed E-state index contributed by atoms with van der Waals surface area (Å²) < 4.78 is 27.7. The monoisotopic (exact) mass is 223 g/mol. The predicted octanol–water partition coefficient (Wildman–Crippen LogP) is 2.57. The first-order valence-corrected chi connectivity index (χ1v) is 4.74. The van der Waals surface area contributed by atoms with Gasteiger partial charge >= 0.3 is 0 Å². The van der Waals surface area contributed by atoms with E-state index >= 15 is 0 Å². The van der Waals surface area contributed by atoms with Crippen molar-refractivity contribution in [3.63, 3.8) is 0 Å². The molecular weight excluding hydrogens is 212 g/mol. The van der Waals surface area contributed by atoms with Crippen LogP contribution in [0.1, 0.15) is 12.5 Å². The zero-order valence-corrected chi connectivity index (χ0v) is 8.69. The Kier molecular flexibility index (Phi) is 2.38. The van der Waals surface area contributed by atoms with Gasteiger partial charge in [-0.2, -0.15) is 0 Å². The minimum atomic E-state index is -2.87. The number of nitrogens with zero attached hydrogens (tertiary/aromatic N) is 2. The normalized spacial score (nSPS) is 11.7. The van der Waals surface area contributed by atoms with Crippen LogP contribution < -0.4 is 5.73 Å². The fourth-order valence-corrected chi connectivity index (χ4v) is 1.46. The van der Waals surface area contributed by atoms with Gasteiger partial charge in [0.1, 0.15) is 0 Å². The second-order valence-electron chi connectivity index (χ2n) is 3.63. The first kappa shape index (κ1) is 10.6. The molecule has 0 aliphatic carbocycles. The highest BCUT2D eigenvalue weighted by molar-refractivity contribution is 5.59. The summed E-state index contributed by atoms with van der Waals surface area (Å²) >= 11 is 0. The van der Waals surface area contributed by atoms with E-state index in [1.807, 2.05) is 0 Å². The molecule has 0 aliphatic heterocycles. The minimum absolute atomic E-state index is 0.0890. The van der Waals surface area contributed by atoms with Crippen LogP contribution in [0.2, 0.25) is 0 Å². The molecule has 16 heavy (non-hydrogen) atoms. The first-order chi connectivity index (χ1) is 7.48. The number of anilines is 1. The van der Waals surface area contributed by atoms with E-state index in [9.17, 15) is 8.78 Å². The van der Waals surface area contributed by atoms with Gasteiger partial charge in [0.2, 0.25) is 0 Å². The molecular formula is C11H11F2N3. The summed E-state index contributed by atoms with van der Waals surface area (Å²) in [4.78, 5) is 3.87. The van der Waals surface area contributed by atoms with E-state index in [-0.39, 0.29) is 5.56 Å². The lowest BCUT2D eigenvalue weighted by Gasteiger charge is -2.13. The van der Waals surface area contributed by atoms with Gasteiger partial charge in [-0.15, -0.1) is 0 Å². The number of nitrogens with two attached hydrogens (primary N) is 1. The Morgan fingerprint density at radius 1 is 1.38 bits per heavy atom. The molecule has 0 fully saturated rings. The summed E-state index contributed by atoms with van der Waals surface area (Å²) in [5, 5.41) is 0. The maximum absolute atomic E-state index is 13.0. The second-order valence-corrected chi connectivity index (χ2v) is 3.63. The Bertz CT molecular complexity index is 486. The van der Waals surface area contributed by atoms with Crippen LogP contribution in [0, 0.1) is 0 Å². The Morgan fingerprint density at radius 2 is 2.12 bits per heavy atom. The third-order valence-corrected chi connectivity index (χ3v) is 2.32. The van der Waals surface area contributed by atoms with Gasteiger partial charge in [-0.3, -0.25) is 0 Å². The molecule has 0 spiro atoms. The summed E-state index contributed by atoms with van der Waals surface area (Å²) in [6, 6.07) is 4.21. The minimum Gasteiger partial charge on any atom is -0.397 e. The van der Waals surface area contributed by atoms with Gasteiger partial charge < -0.3 is 10.3 Å². The summed E-state index contributed by atoms with van der Waals surface area (Å²) in [6.07, 6.45) is 4.87. The van der Waals surface area contributed by atoms with E-state index in [0.29, 0.717) is 11.4 Å². The van der Waals surface area contributed by atoms with Crippen LogP contribution in [-0.2, 0) is 5.92 Å². The Morgan fingerprint density at radius 3 is 2.62 bits per heavy atom. The molecule has 0 unspecified atom stereocenters. The number of hydrogen-bond donors (Lipinski definition) is 1. The molecule has 2 aromatic rings. The Labute approximate surface area is 91.5 Å². The highest BCUT2D eigenvalue weighted by Gasteiger charge is 2.24. The molecule has 5 heteroatoms. The van der Waals surface area contributed by atoms with Gasteiger partial charge in [-0.25, -0.2) is 13.8 Å². The lowest BCUT2D eigenvalue weighted by Crippen LogP contribution is -2.08. The maximum Gasteiger partial charge on any atom is 0.270 e. The molecule has 0 atom stereocenters. The van der Waals surface area contributed by atoms with E-state index in [1.165, 1.54) is 12.1 Å². The highest BCUT2D eigenvalue weighted by atomic mass is 19.3. The van der Waals surface area contributed by atoms with Crippen LogP contribution >= 0.6 is 0 Å². The zero-order chi connectivity index (χ0) is 11.8. The lowest BCUT2D eigenvalue weighted by molar-refractivity contribution is 0.0175. The van der Waals surface area contributed by atoms with Gasteiger partial charge in [-0.05, 0) is 12.1 Å². The molecule has 0 amide bonds. The molecule has 84 valence electrons. The molecule has 0 radical (unpaired) electrons. The smallest absolute Gasteiger partial charge is 0.270 e. The van der Waals surface area contributed by atoms with Crippen LogP contribution in [0.25, 0.3) is 5.69 Å². The average Bonchev–Trinajstić information content (AvgIpc) is 2.69. The van der Waals surface area contributed by atoms with Crippen molar-refractivity contribution in [1.29, 1.82) is 0 Å². The summed E-state index contributed by atoms with van der Waals surface area (Å²) in [5.74, 6) is -2.87.